The monoisotopic (exact) mass is 568 g/mol. The molecule has 0 bridgehead atoms. The maximum absolute atomic E-state index is 12.4. The number of hydrogen-bond donors (Lipinski definition) is 6. The Morgan fingerprint density at radius 3 is 1.15 bits per heavy atom. The number of amides is 2. The molecule has 0 saturated carbocycles. The number of carbonyl (C=O) groups excluding carboxylic acids is 2. The molecule has 2 rings (SSSR count). The maximum atomic E-state index is 12.4. The third-order valence-electron chi connectivity index (χ3n) is 7.06. The van der Waals surface area contributed by atoms with Crippen LogP contribution in [0.4, 0.5) is 0 Å². The minimum absolute atomic E-state index is 0.115. The largest absolute Gasteiger partial charge is 0.507 e. The molecule has 0 spiro atoms. The second-order valence-electron chi connectivity index (χ2n) is 15.0. The molecule has 41 heavy (non-hydrogen) atoms. The molecule has 0 aliphatic heterocycles. The van der Waals surface area contributed by atoms with Crippen molar-refractivity contribution < 1.29 is 19.8 Å². The Bertz CT molecular complexity index is 1160. The fourth-order valence-corrected chi connectivity index (χ4v) is 4.38. The van der Waals surface area contributed by atoms with E-state index in [1.807, 2.05) is 65.8 Å². The normalized spacial score (nSPS) is 12.8. The van der Waals surface area contributed by atoms with Gasteiger partial charge in [-0.15, -0.1) is 0 Å². The molecule has 0 aliphatic rings. The SMILES string of the molecule is CC(C)(C)c1cc(CNNC(=O)CC(=O)NNCc2cc(C(C)(C)C)cc(C(C)(C)C)c2O)c(O)c(C(C)(C)C)c1. The van der Waals surface area contributed by atoms with Crippen molar-refractivity contribution in [3.05, 3.63) is 57.6 Å². The quantitative estimate of drug-likeness (QED) is 0.182. The molecule has 2 aromatic carbocycles. The number of phenolic OH excluding ortho intramolecular Hbond substituents is 2. The average Bonchev–Trinajstić information content (AvgIpc) is 2.78. The minimum atomic E-state index is -0.514. The molecule has 2 amide bonds. The van der Waals surface area contributed by atoms with E-state index >= 15 is 0 Å². The number of aromatic hydroxyl groups is 2. The number of benzene rings is 2. The highest BCUT2D eigenvalue weighted by Gasteiger charge is 2.26. The summed E-state index contributed by atoms with van der Waals surface area (Å²) < 4.78 is 0. The van der Waals surface area contributed by atoms with Crippen molar-refractivity contribution in [3.63, 3.8) is 0 Å². The molecule has 2 aromatic rings. The summed E-state index contributed by atoms with van der Waals surface area (Å²) in [5.74, 6) is -0.635. The van der Waals surface area contributed by atoms with Crippen LogP contribution in [0, 0.1) is 0 Å². The van der Waals surface area contributed by atoms with Crippen LogP contribution in [0.15, 0.2) is 24.3 Å². The Balaban J connectivity index is 1.99. The predicted octanol–water partition coefficient (Wildman–Crippen LogP) is 5.62. The Kier molecular flexibility index (Phi) is 10.3. The van der Waals surface area contributed by atoms with Crippen LogP contribution in [0.5, 0.6) is 11.5 Å². The van der Waals surface area contributed by atoms with Gasteiger partial charge in [0.15, 0.2) is 0 Å². The topological polar surface area (TPSA) is 123 Å². The van der Waals surface area contributed by atoms with Gasteiger partial charge in [-0.2, -0.15) is 0 Å². The van der Waals surface area contributed by atoms with E-state index in [0.29, 0.717) is 11.1 Å². The number of nitrogens with one attached hydrogen (secondary N) is 4. The van der Waals surface area contributed by atoms with Crippen molar-refractivity contribution in [2.24, 2.45) is 0 Å². The van der Waals surface area contributed by atoms with E-state index in [4.69, 9.17) is 0 Å². The zero-order valence-electron chi connectivity index (χ0n) is 27.1. The Hall–Kier alpha value is -3.10. The van der Waals surface area contributed by atoms with Gasteiger partial charge in [-0.05, 0) is 43.9 Å². The first-order valence-corrected chi connectivity index (χ1v) is 14.3. The first-order chi connectivity index (χ1) is 18.5. The summed E-state index contributed by atoms with van der Waals surface area (Å²) in [5.41, 5.74) is 15.2. The molecule has 0 unspecified atom stereocenters. The third kappa shape index (κ3) is 9.47. The molecular weight excluding hydrogens is 516 g/mol. The minimum Gasteiger partial charge on any atom is -0.507 e. The molecule has 6 N–H and O–H groups in total. The van der Waals surface area contributed by atoms with Crippen LogP contribution in [0.2, 0.25) is 0 Å². The van der Waals surface area contributed by atoms with Gasteiger partial charge in [-0.3, -0.25) is 20.4 Å². The van der Waals surface area contributed by atoms with E-state index in [-0.39, 0.29) is 46.2 Å². The lowest BCUT2D eigenvalue weighted by Gasteiger charge is -2.27. The van der Waals surface area contributed by atoms with Crippen LogP contribution in [0.3, 0.4) is 0 Å². The zero-order valence-corrected chi connectivity index (χ0v) is 27.1. The molecule has 228 valence electrons. The van der Waals surface area contributed by atoms with Crippen LogP contribution in [0.25, 0.3) is 0 Å². The summed E-state index contributed by atoms with van der Waals surface area (Å²) in [5, 5.41) is 21.8. The van der Waals surface area contributed by atoms with Gasteiger partial charge in [0.1, 0.15) is 17.9 Å². The predicted molar refractivity (Wildman–Crippen MR) is 166 cm³/mol. The van der Waals surface area contributed by atoms with Crippen molar-refractivity contribution >= 4 is 11.8 Å². The molecule has 0 atom stereocenters. The Morgan fingerprint density at radius 1 is 0.561 bits per heavy atom. The van der Waals surface area contributed by atoms with Crippen LogP contribution < -0.4 is 21.7 Å². The summed E-state index contributed by atoms with van der Waals surface area (Å²) in [6, 6.07) is 7.96. The maximum Gasteiger partial charge on any atom is 0.243 e. The van der Waals surface area contributed by atoms with Gasteiger partial charge in [0, 0.05) is 24.2 Å². The van der Waals surface area contributed by atoms with Crippen molar-refractivity contribution in [2.75, 3.05) is 0 Å². The van der Waals surface area contributed by atoms with E-state index in [2.05, 4.69) is 63.2 Å². The highest BCUT2D eigenvalue weighted by molar-refractivity contribution is 5.96. The smallest absolute Gasteiger partial charge is 0.243 e. The summed E-state index contributed by atoms with van der Waals surface area (Å²) >= 11 is 0. The van der Waals surface area contributed by atoms with Crippen molar-refractivity contribution in [2.45, 2.75) is 124 Å². The lowest BCUT2D eigenvalue weighted by Crippen LogP contribution is -2.43. The van der Waals surface area contributed by atoms with E-state index in [1.165, 1.54) is 0 Å². The molecular formula is C33H52N4O4. The summed E-state index contributed by atoms with van der Waals surface area (Å²) in [6.45, 7) is 25.4. The van der Waals surface area contributed by atoms with Crippen LogP contribution in [-0.4, -0.2) is 22.0 Å². The molecule has 0 aromatic heterocycles. The highest BCUT2D eigenvalue weighted by Crippen LogP contribution is 2.38. The van der Waals surface area contributed by atoms with E-state index in [9.17, 15) is 19.8 Å². The summed E-state index contributed by atoms with van der Waals surface area (Å²) in [7, 11) is 0. The molecule has 0 fully saturated rings. The van der Waals surface area contributed by atoms with Crippen LogP contribution in [-0.2, 0) is 44.3 Å². The van der Waals surface area contributed by atoms with E-state index in [1.54, 1.807) is 0 Å². The van der Waals surface area contributed by atoms with Gasteiger partial charge in [0.05, 0.1) is 0 Å². The second kappa shape index (κ2) is 12.4. The summed E-state index contributed by atoms with van der Waals surface area (Å²) in [4.78, 5) is 24.8. The van der Waals surface area contributed by atoms with E-state index in [0.717, 1.165) is 22.3 Å². The first kappa shape index (κ1) is 34.1. The second-order valence-corrected chi connectivity index (χ2v) is 15.0. The molecule has 0 radical (unpaired) electrons. The fourth-order valence-electron chi connectivity index (χ4n) is 4.38. The average molecular weight is 569 g/mol. The molecule has 8 nitrogen and oxygen atoms in total. The van der Waals surface area contributed by atoms with Crippen molar-refractivity contribution in [1.82, 2.24) is 21.7 Å². The van der Waals surface area contributed by atoms with Gasteiger partial charge in [-0.1, -0.05) is 107 Å². The number of carbonyl (C=O) groups is 2. The lowest BCUT2D eigenvalue weighted by atomic mass is 9.79. The van der Waals surface area contributed by atoms with Gasteiger partial charge in [0.2, 0.25) is 11.8 Å². The molecule has 0 saturated heterocycles. The van der Waals surface area contributed by atoms with Gasteiger partial charge in [-0.25, -0.2) is 10.9 Å². The van der Waals surface area contributed by atoms with Crippen LogP contribution in [0.1, 0.15) is 123 Å². The van der Waals surface area contributed by atoms with E-state index < -0.39 is 18.2 Å². The Morgan fingerprint density at radius 2 is 0.878 bits per heavy atom. The third-order valence-corrected chi connectivity index (χ3v) is 7.06. The van der Waals surface area contributed by atoms with Gasteiger partial charge < -0.3 is 10.2 Å². The number of hydrogen-bond acceptors (Lipinski definition) is 6. The number of hydrazine groups is 2. The van der Waals surface area contributed by atoms with Crippen LogP contribution >= 0.6 is 0 Å². The number of phenols is 2. The molecule has 0 aliphatic carbocycles. The highest BCUT2D eigenvalue weighted by atomic mass is 16.3. The summed E-state index contributed by atoms with van der Waals surface area (Å²) in [6.07, 6.45) is -0.400. The molecule has 8 heteroatoms. The van der Waals surface area contributed by atoms with Gasteiger partial charge in [0.25, 0.3) is 0 Å². The Labute approximate surface area is 246 Å². The van der Waals surface area contributed by atoms with Gasteiger partial charge >= 0.3 is 0 Å². The fraction of sp³-hybridized carbons (Fsp3) is 0.576. The number of rotatable bonds is 8. The molecule has 0 heterocycles. The first-order valence-electron chi connectivity index (χ1n) is 14.3. The van der Waals surface area contributed by atoms with Crippen molar-refractivity contribution in [3.8, 4) is 11.5 Å². The lowest BCUT2D eigenvalue weighted by molar-refractivity contribution is -0.130. The van der Waals surface area contributed by atoms with Crippen molar-refractivity contribution in [1.29, 1.82) is 0 Å². The zero-order chi connectivity index (χ0) is 31.6. The standard InChI is InChI=1S/C33H52N4O4/c1-30(2,3)22-13-20(28(40)24(15-22)32(7,8)9)18-34-36-26(38)17-27(39)37-35-19-21-14-23(31(4,5)6)16-25(29(21)41)33(10,11)12/h13-16,34-35,40-41H,17-19H2,1-12H3,(H,36,38)(H,37,39).